The summed E-state index contributed by atoms with van der Waals surface area (Å²) < 4.78 is 18.6. The molecule has 0 N–H and O–H groups in total. The molecule has 0 aromatic heterocycles. The summed E-state index contributed by atoms with van der Waals surface area (Å²) in [5, 5.41) is 0.999. The molecule has 154 valence electrons. The zero-order valence-electron chi connectivity index (χ0n) is 16.9. The Bertz CT molecular complexity index is 800. The van der Waals surface area contributed by atoms with Crippen molar-refractivity contribution in [3.8, 4) is 0 Å². The van der Waals surface area contributed by atoms with Crippen molar-refractivity contribution in [3.63, 3.8) is 0 Å². The third-order valence-electron chi connectivity index (χ3n) is 5.07. The van der Waals surface area contributed by atoms with Gasteiger partial charge in [0.1, 0.15) is 11.5 Å². The normalized spacial score (nSPS) is 26.1. The Labute approximate surface area is 177 Å². The number of benzene rings is 2. The van der Waals surface area contributed by atoms with Crippen LogP contribution in [0.5, 0.6) is 0 Å². The van der Waals surface area contributed by atoms with Gasteiger partial charge in [0, 0.05) is 20.5 Å². The maximum Gasteiger partial charge on any atom is 0.161 e. The highest BCUT2D eigenvalue weighted by molar-refractivity contribution is 8.14. The van der Waals surface area contributed by atoms with Gasteiger partial charge < -0.3 is 19.1 Å². The average Bonchev–Trinajstić information content (AvgIpc) is 3.18. The molecule has 5 nitrogen and oxygen atoms in total. The zero-order valence-corrected chi connectivity index (χ0v) is 17.8. The summed E-state index contributed by atoms with van der Waals surface area (Å²) in [7, 11) is 4.03. The van der Waals surface area contributed by atoms with Gasteiger partial charge in [-0.05, 0) is 11.1 Å². The highest BCUT2D eigenvalue weighted by Crippen LogP contribution is 2.38. The van der Waals surface area contributed by atoms with Crippen LogP contribution in [0.4, 0.5) is 0 Å². The highest BCUT2D eigenvalue weighted by atomic mass is 32.2. The molecule has 0 amide bonds. The maximum atomic E-state index is 6.33. The number of thioether (sulfide) groups is 1. The molecule has 4 rings (SSSR count). The van der Waals surface area contributed by atoms with Crippen molar-refractivity contribution in [2.75, 3.05) is 20.7 Å². The number of nitrogens with zero attached hydrogens (tertiary/aromatic N) is 2. The molecule has 2 aromatic carbocycles. The molecule has 0 aliphatic carbocycles. The van der Waals surface area contributed by atoms with Crippen molar-refractivity contribution in [1.82, 2.24) is 4.90 Å². The van der Waals surface area contributed by atoms with E-state index < -0.39 is 0 Å². The van der Waals surface area contributed by atoms with Crippen LogP contribution in [0.25, 0.3) is 0 Å². The Morgan fingerprint density at radius 2 is 1.66 bits per heavy atom. The fourth-order valence-corrected chi connectivity index (χ4v) is 4.75. The first kappa shape index (κ1) is 20.4. The van der Waals surface area contributed by atoms with Crippen LogP contribution in [0.1, 0.15) is 17.5 Å². The minimum absolute atomic E-state index is 0.00458. The molecule has 0 spiro atoms. The van der Waals surface area contributed by atoms with Gasteiger partial charge in [0.05, 0.1) is 32.0 Å². The third-order valence-corrected chi connectivity index (χ3v) is 6.37. The van der Waals surface area contributed by atoms with E-state index in [-0.39, 0.29) is 23.7 Å². The molecule has 2 aliphatic heterocycles. The maximum absolute atomic E-state index is 6.33. The summed E-state index contributed by atoms with van der Waals surface area (Å²) in [5.41, 5.74) is 2.33. The van der Waals surface area contributed by atoms with Crippen molar-refractivity contribution in [2.45, 2.75) is 43.3 Å². The molecule has 1 saturated heterocycles. The standard InChI is InChI=1S/C23H28N2O3S/c1-25(2)23-24-21-20(27-15-18-11-7-4-8-12-18)13-19(28-22(21)29-23)16-26-14-17-9-5-3-6-10-17/h3-12,19-22H,13-16H2,1-2H3/t19-,20-,21+,22+/m0/s1. The molecule has 4 atom stereocenters. The van der Waals surface area contributed by atoms with Crippen molar-refractivity contribution >= 4 is 16.9 Å². The first-order valence-electron chi connectivity index (χ1n) is 10.0. The molecule has 2 aromatic rings. The minimum atomic E-state index is -0.0211. The number of hydrogen-bond donors (Lipinski definition) is 0. The van der Waals surface area contributed by atoms with Crippen LogP contribution in [0.2, 0.25) is 0 Å². The van der Waals surface area contributed by atoms with E-state index in [1.165, 1.54) is 11.1 Å². The molecule has 0 unspecified atom stereocenters. The summed E-state index contributed by atoms with van der Waals surface area (Å²) in [4.78, 5) is 6.92. The van der Waals surface area contributed by atoms with E-state index >= 15 is 0 Å². The van der Waals surface area contributed by atoms with E-state index in [1.54, 1.807) is 11.8 Å². The fraction of sp³-hybridized carbons (Fsp3) is 0.435. The van der Waals surface area contributed by atoms with Crippen LogP contribution in [0.3, 0.4) is 0 Å². The van der Waals surface area contributed by atoms with E-state index in [0.717, 1.165) is 11.6 Å². The van der Waals surface area contributed by atoms with Crippen molar-refractivity contribution in [1.29, 1.82) is 0 Å². The SMILES string of the molecule is CN(C)C1=N[C@@H]2[C@@H](OCc3ccccc3)C[C@@H](COCc3ccccc3)O[C@@H]2S1. The zero-order chi connectivity index (χ0) is 20.1. The second-order valence-electron chi connectivity index (χ2n) is 7.61. The van der Waals surface area contributed by atoms with Gasteiger partial charge in [-0.1, -0.05) is 72.4 Å². The molecule has 2 heterocycles. The molecular weight excluding hydrogens is 384 g/mol. The smallest absolute Gasteiger partial charge is 0.161 e. The van der Waals surface area contributed by atoms with E-state index in [1.807, 2.05) is 55.4 Å². The molecule has 0 saturated carbocycles. The summed E-state index contributed by atoms with van der Waals surface area (Å²) in [6.45, 7) is 1.74. The highest BCUT2D eigenvalue weighted by Gasteiger charge is 2.44. The molecule has 0 bridgehead atoms. The number of rotatable bonds is 7. The van der Waals surface area contributed by atoms with Crippen molar-refractivity contribution < 1.29 is 14.2 Å². The van der Waals surface area contributed by atoms with Gasteiger partial charge in [0.15, 0.2) is 5.17 Å². The molecule has 6 heteroatoms. The van der Waals surface area contributed by atoms with E-state index in [9.17, 15) is 0 Å². The van der Waals surface area contributed by atoms with Gasteiger partial charge in [-0.15, -0.1) is 0 Å². The van der Waals surface area contributed by atoms with Gasteiger partial charge >= 0.3 is 0 Å². The minimum Gasteiger partial charge on any atom is -0.374 e. The van der Waals surface area contributed by atoms with E-state index in [2.05, 4.69) is 24.3 Å². The van der Waals surface area contributed by atoms with Gasteiger partial charge in [-0.2, -0.15) is 0 Å². The third kappa shape index (κ3) is 5.39. The summed E-state index contributed by atoms with van der Waals surface area (Å²) in [6, 6.07) is 20.5. The Morgan fingerprint density at radius 1 is 1.00 bits per heavy atom. The van der Waals surface area contributed by atoms with Crippen LogP contribution >= 0.6 is 11.8 Å². The topological polar surface area (TPSA) is 43.3 Å². The van der Waals surface area contributed by atoms with Crippen LogP contribution in [0, 0.1) is 0 Å². The predicted octanol–water partition coefficient (Wildman–Crippen LogP) is 3.94. The summed E-state index contributed by atoms with van der Waals surface area (Å²) >= 11 is 1.68. The van der Waals surface area contributed by atoms with Crippen molar-refractivity contribution in [3.05, 3.63) is 71.8 Å². The Balaban J connectivity index is 1.37. The van der Waals surface area contributed by atoms with Crippen LogP contribution < -0.4 is 0 Å². The first-order valence-corrected chi connectivity index (χ1v) is 10.9. The first-order chi connectivity index (χ1) is 14.2. The number of ether oxygens (including phenoxy) is 3. The number of hydrogen-bond acceptors (Lipinski definition) is 6. The van der Waals surface area contributed by atoms with E-state index in [4.69, 9.17) is 19.2 Å². The Kier molecular flexibility index (Phi) is 6.87. The van der Waals surface area contributed by atoms with Crippen LogP contribution in [-0.4, -0.2) is 54.5 Å². The van der Waals surface area contributed by atoms with Crippen molar-refractivity contribution in [2.24, 2.45) is 4.99 Å². The Morgan fingerprint density at radius 3 is 2.31 bits per heavy atom. The number of fused-ring (bicyclic) bond motifs is 1. The lowest BCUT2D eigenvalue weighted by Gasteiger charge is -2.36. The van der Waals surface area contributed by atoms with Gasteiger partial charge in [-0.3, -0.25) is 4.99 Å². The molecule has 1 fully saturated rings. The summed E-state index contributed by atoms with van der Waals surface area (Å²) in [6.07, 6.45) is 0.808. The molecule has 2 aliphatic rings. The number of aliphatic imine (C=N–C) groups is 1. The Hall–Kier alpha value is -1.86. The lowest BCUT2D eigenvalue weighted by atomic mass is 10.0. The quantitative estimate of drug-likeness (QED) is 0.689. The lowest BCUT2D eigenvalue weighted by Crippen LogP contribution is -2.46. The largest absolute Gasteiger partial charge is 0.374 e. The van der Waals surface area contributed by atoms with Gasteiger partial charge in [0.2, 0.25) is 0 Å². The second kappa shape index (κ2) is 9.76. The monoisotopic (exact) mass is 412 g/mol. The van der Waals surface area contributed by atoms with Crippen LogP contribution in [0.15, 0.2) is 65.7 Å². The molecule has 0 radical (unpaired) electrons. The molecule has 29 heavy (non-hydrogen) atoms. The van der Waals surface area contributed by atoms with Gasteiger partial charge in [-0.25, -0.2) is 0 Å². The van der Waals surface area contributed by atoms with E-state index in [0.29, 0.717) is 19.8 Å². The molecular formula is C23H28N2O3S. The fourth-order valence-electron chi connectivity index (χ4n) is 3.56. The average molecular weight is 413 g/mol. The van der Waals surface area contributed by atoms with Gasteiger partial charge in [0.25, 0.3) is 0 Å². The number of amidine groups is 1. The van der Waals surface area contributed by atoms with Crippen LogP contribution in [-0.2, 0) is 27.4 Å². The lowest BCUT2D eigenvalue weighted by molar-refractivity contribution is -0.122. The second-order valence-corrected chi connectivity index (χ2v) is 8.68. The summed E-state index contributed by atoms with van der Waals surface area (Å²) in [5.74, 6) is 0. The predicted molar refractivity (Wildman–Crippen MR) is 117 cm³/mol.